The van der Waals surface area contributed by atoms with Crippen LogP contribution in [0.1, 0.15) is 17.5 Å². The number of aliphatic hydroxyl groups excluding tert-OH is 1. The molecule has 2 rings (SSSR count). The summed E-state index contributed by atoms with van der Waals surface area (Å²) in [6.07, 6.45) is -4.67. The van der Waals surface area contributed by atoms with Crippen molar-refractivity contribution in [2.75, 3.05) is 6.61 Å². The lowest BCUT2D eigenvalue weighted by Gasteiger charge is -2.08. The summed E-state index contributed by atoms with van der Waals surface area (Å²) in [4.78, 5) is 9.02. The van der Waals surface area contributed by atoms with Crippen LogP contribution in [0, 0.1) is 0 Å². The lowest BCUT2D eigenvalue weighted by molar-refractivity contribution is -0.137. The van der Waals surface area contributed by atoms with Crippen molar-refractivity contribution in [1.29, 1.82) is 0 Å². The van der Waals surface area contributed by atoms with Gasteiger partial charge in [-0.25, -0.2) is 15.3 Å². The number of nitrogens with zero attached hydrogens (tertiary/aromatic N) is 1. The highest BCUT2D eigenvalue weighted by Crippen LogP contribution is 2.29. The van der Waals surface area contributed by atoms with E-state index in [4.69, 9.17) is 9.94 Å². The zero-order valence-corrected chi connectivity index (χ0v) is 9.24. The van der Waals surface area contributed by atoms with Gasteiger partial charge in [-0.05, 0) is 12.1 Å². The van der Waals surface area contributed by atoms with Crippen LogP contribution in [0.2, 0.25) is 0 Å². The molecular formula is C11H11F3N2O2. The smallest absolute Gasteiger partial charge is 0.396 e. The predicted octanol–water partition coefficient (Wildman–Crippen LogP) is 1.70. The van der Waals surface area contributed by atoms with Gasteiger partial charge in [0, 0.05) is 18.6 Å². The Hall–Kier alpha value is -1.60. The number of halogens is 3. The standard InChI is InChI=1S/C11H11F3N2O2/c12-11(13,14)8-3-1-2-7(6-8)10-15-9(4-5-17)18-16-10/h1-3,6,9,17H,4-5H2,(H,15,16). The minimum absolute atomic E-state index is 0.105. The van der Waals surface area contributed by atoms with E-state index in [1.54, 1.807) is 0 Å². The highest BCUT2D eigenvalue weighted by molar-refractivity contribution is 5.99. The molecule has 1 heterocycles. The second-order valence-corrected chi connectivity index (χ2v) is 3.74. The van der Waals surface area contributed by atoms with Gasteiger partial charge in [0.2, 0.25) is 0 Å². The van der Waals surface area contributed by atoms with Gasteiger partial charge in [-0.3, -0.25) is 0 Å². The van der Waals surface area contributed by atoms with Gasteiger partial charge in [-0.1, -0.05) is 12.1 Å². The minimum Gasteiger partial charge on any atom is -0.396 e. The highest BCUT2D eigenvalue weighted by atomic mass is 19.4. The van der Waals surface area contributed by atoms with E-state index in [0.29, 0.717) is 5.56 Å². The molecule has 1 aromatic carbocycles. The summed E-state index contributed by atoms with van der Waals surface area (Å²) in [6.45, 7) is -0.105. The maximum Gasteiger partial charge on any atom is 0.416 e. The SMILES string of the molecule is OCCC1N=C(c2cccc(C(F)(F)F)c2)NO1. The Labute approximate surface area is 101 Å². The van der Waals surface area contributed by atoms with Gasteiger partial charge in [0.05, 0.1) is 5.56 Å². The van der Waals surface area contributed by atoms with Crippen molar-refractivity contribution in [2.24, 2.45) is 4.99 Å². The largest absolute Gasteiger partial charge is 0.416 e. The molecule has 18 heavy (non-hydrogen) atoms. The van der Waals surface area contributed by atoms with Crippen LogP contribution in [-0.4, -0.2) is 23.8 Å². The van der Waals surface area contributed by atoms with Crippen molar-refractivity contribution in [3.8, 4) is 0 Å². The number of alkyl halides is 3. The van der Waals surface area contributed by atoms with Crippen LogP contribution >= 0.6 is 0 Å². The lowest BCUT2D eigenvalue weighted by atomic mass is 10.1. The molecule has 1 aliphatic rings. The minimum atomic E-state index is -4.39. The second-order valence-electron chi connectivity index (χ2n) is 3.74. The van der Waals surface area contributed by atoms with Crippen molar-refractivity contribution < 1.29 is 23.1 Å². The molecule has 1 unspecified atom stereocenters. The number of nitrogens with one attached hydrogen (secondary N) is 1. The highest BCUT2D eigenvalue weighted by Gasteiger charge is 2.31. The van der Waals surface area contributed by atoms with E-state index < -0.39 is 18.0 Å². The first-order valence-electron chi connectivity index (χ1n) is 5.28. The average Bonchev–Trinajstić information content (AvgIpc) is 2.77. The molecule has 0 saturated heterocycles. The van der Waals surface area contributed by atoms with Crippen LogP contribution in [0.3, 0.4) is 0 Å². The Bertz CT molecular complexity index is 460. The molecule has 0 spiro atoms. The Balaban J connectivity index is 2.22. The molecule has 1 atom stereocenters. The van der Waals surface area contributed by atoms with Gasteiger partial charge >= 0.3 is 6.18 Å². The van der Waals surface area contributed by atoms with E-state index in [2.05, 4.69) is 10.5 Å². The second kappa shape index (κ2) is 4.95. The van der Waals surface area contributed by atoms with Crippen LogP contribution in [0.15, 0.2) is 29.3 Å². The number of hydrogen-bond acceptors (Lipinski definition) is 4. The van der Waals surface area contributed by atoms with Crippen molar-refractivity contribution in [2.45, 2.75) is 18.8 Å². The van der Waals surface area contributed by atoms with Gasteiger partial charge in [-0.15, -0.1) is 0 Å². The Morgan fingerprint density at radius 1 is 1.39 bits per heavy atom. The maximum absolute atomic E-state index is 12.5. The summed E-state index contributed by atoms with van der Waals surface area (Å²) in [5.74, 6) is 0.236. The summed E-state index contributed by atoms with van der Waals surface area (Å²) >= 11 is 0. The maximum atomic E-state index is 12.5. The third-order valence-corrected chi connectivity index (χ3v) is 2.40. The molecule has 0 fully saturated rings. The van der Waals surface area contributed by atoms with Crippen LogP contribution < -0.4 is 5.48 Å². The number of hydrogen-bond donors (Lipinski definition) is 2. The summed E-state index contributed by atoms with van der Waals surface area (Å²) in [5, 5.41) is 8.71. The predicted molar refractivity (Wildman–Crippen MR) is 57.7 cm³/mol. The van der Waals surface area contributed by atoms with Crippen molar-refractivity contribution in [3.05, 3.63) is 35.4 Å². The molecule has 0 radical (unpaired) electrons. The molecule has 0 aromatic heterocycles. The number of hydroxylamine groups is 1. The Kier molecular flexibility index (Phi) is 3.53. The molecule has 0 amide bonds. The summed E-state index contributed by atoms with van der Waals surface area (Å²) in [5.41, 5.74) is 2.01. The third kappa shape index (κ3) is 2.80. The first-order chi connectivity index (χ1) is 8.50. The molecule has 7 heteroatoms. The summed E-state index contributed by atoms with van der Waals surface area (Å²) in [6, 6.07) is 4.80. The molecule has 0 aliphatic carbocycles. The molecule has 1 aromatic rings. The van der Waals surface area contributed by atoms with Gasteiger partial charge in [0.25, 0.3) is 0 Å². The van der Waals surface area contributed by atoms with Crippen molar-refractivity contribution in [1.82, 2.24) is 5.48 Å². The number of amidine groups is 1. The van der Waals surface area contributed by atoms with E-state index in [-0.39, 0.29) is 18.9 Å². The van der Waals surface area contributed by atoms with Gasteiger partial charge in [0.15, 0.2) is 12.1 Å². The summed E-state index contributed by atoms with van der Waals surface area (Å²) in [7, 11) is 0. The number of aliphatic imine (C=N–C) groups is 1. The molecule has 0 bridgehead atoms. The summed E-state index contributed by atoms with van der Waals surface area (Å²) < 4.78 is 37.6. The van der Waals surface area contributed by atoms with E-state index in [0.717, 1.165) is 12.1 Å². The fourth-order valence-electron chi connectivity index (χ4n) is 1.53. The number of aliphatic hydroxyl groups is 1. The van der Waals surface area contributed by atoms with Gasteiger partial charge < -0.3 is 5.11 Å². The Morgan fingerprint density at radius 3 is 2.83 bits per heavy atom. The van der Waals surface area contributed by atoms with Crippen LogP contribution in [0.5, 0.6) is 0 Å². The van der Waals surface area contributed by atoms with Crippen LogP contribution in [0.25, 0.3) is 0 Å². The fourth-order valence-corrected chi connectivity index (χ4v) is 1.53. The molecule has 98 valence electrons. The van der Waals surface area contributed by atoms with Crippen molar-refractivity contribution in [3.63, 3.8) is 0 Å². The molecule has 1 aliphatic heterocycles. The zero-order chi connectivity index (χ0) is 13.2. The third-order valence-electron chi connectivity index (χ3n) is 2.40. The number of rotatable bonds is 3. The first kappa shape index (κ1) is 12.8. The lowest BCUT2D eigenvalue weighted by Crippen LogP contribution is -2.20. The van der Waals surface area contributed by atoms with Crippen LogP contribution in [-0.2, 0) is 11.0 Å². The molecular weight excluding hydrogens is 249 g/mol. The average molecular weight is 260 g/mol. The van der Waals surface area contributed by atoms with E-state index >= 15 is 0 Å². The topological polar surface area (TPSA) is 53.9 Å². The van der Waals surface area contributed by atoms with E-state index in [9.17, 15) is 13.2 Å². The molecule has 4 nitrogen and oxygen atoms in total. The van der Waals surface area contributed by atoms with Gasteiger partial charge in [-0.2, -0.15) is 13.2 Å². The quantitative estimate of drug-likeness (QED) is 0.869. The first-order valence-corrected chi connectivity index (χ1v) is 5.28. The van der Waals surface area contributed by atoms with E-state index in [1.165, 1.54) is 12.1 Å². The number of benzene rings is 1. The van der Waals surface area contributed by atoms with E-state index in [1.807, 2.05) is 0 Å². The van der Waals surface area contributed by atoms with Gasteiger partial charge in [0.1, 0.15) is 0 Å². The normalized spacial score (nSPS) is 19.6. The zero-order valence-electron chi connectivity index (χ0n) is 9.24. The Morgan fingerprint density at radius 2 is 2.17 bits per heavy atom. The van der Waals surface area contributed by atoms with Crippen molar-refractivity contribution >= 4 is 5.84 Å². The molecule has 0 saturated carbocycles. The van der Waals surface area contributed by atoms with Crippen LogP contribution in [0.4, 0.5) is 13.2 Å². The molecule has 2 N–H and O–H groups in total. The fraction of sp³-hybridized carbons (Fsp3) is 0.364. The monoisotopic (exact) mass is 260 g/mol.